The lowest BCUT2D eigenvalue weighted by Gasteiger charge is -1.95. The molecule has 0 spiro atoms. The average molecular weight is 171 g/mol. The number of carbonyl (C=O) groups is 1. The Bertz CT molecular complexity index is 273. The molecular formula is C8H9ClNO+. The Hall–Kier alpha value is -0.860. The highest BCUT2D eigenvalue weighted by molar-refractivity contribution is 6.31. The zero-order valence-corrected chi connectivity index (χ0v) is 6.77. The van der Waals surface area contributed by atoms with Gasteiger partial charge in [-0.25, -0.2) is 0 Å². The van der Waals surface area contributed by atoms with E-state index in [9.17, 15) is 4.79 Å². The van der Waals surface area contributed by atoms with E-state index >= 15 is 0 Å². The van der Waals surface area contributed by atoms with Gasteiger partial charge < -0.3 is 5.73 Å². The summed E-state index contributed by atoms with van der Waals surface area (Å²) in [5.74, 6) is 0.0208. The highest BCUT2D eigenvalue weighted by atomic mass is 35.5. The van der Waals surface area contributed by atoms with Gasteiger partial charge in [-0.3, -0.25) is 4.79 Å². The number of carbonyl (C=O) groups excluding carboxylic acids is 1. The first-order valence-corrected chi connectivity index (χ1v) is 3.70. The van der Waals surface area contributed by atoms with Crippen LogP contribution < -0.4 is 5.73 Å². The zero-order chi connectivity index (χ0) is 8.27. The Morgan fingerprint density at radius 3 is 2.82 bits per heavy atom. The highest BCUT2D eigenvalue weighted by Gasteiger charge is 2.03. The van der Waals surface area contributed by atoms with Gasteiger partial charge in [0.1, 0.15) is 6.54 Å². The van der Waals surface area contributed by atoms with Gasteiger partial charge in [0.05, 0.1) is 0 Å². The predicted molar refractivity (Wildman–Crippen MR) is 43.5 cm³/mol. The van der Waals surface area contributed by atoms with Crippen LogP contribution in [0.1, 0.15) is 10.4 Å². The van der Waals surface area contributed by atoms with Gasteiger partial charge in [0.25, 0.3) is 0 Å². The number of hydrogen-bond donors (Lipinski definition) is 1. The third-order valence-electron chi connectivity index (χ3n) is 1.37. The molecule has 0 bridgehead atoms. The van der Waals surface area contributed by atoms with Crippen LogP contribution in [-0.2, 0) is 0 Å². The average Bonchev–Trinajstić information content (AvgIpc) is 2.03. The second kappa shape index (κ2) is 3.51. The Balaban J connectivity index is 2.96. The van der Waals surface area contributed by atoms with Crippen molar-refractivity contribution in [2.75, 3.05) is 6.54 Å². The number of halogens is 1. The Kier molecular flexibility index (Phi) is 2.63. The van der Waals surface area contributed by atoms with E-state index in [1.807, 2.05) is 0 Å². The van der Waals surface area contributed by atoms with Gasteiger partial charge in [-0.1, -0.05) is 23.7 Å². The lowest BCUT2D eigenvalue weighted by molar-refractivity contribution is -0.349. The first-order valence-electron chi connectivity index (χ1n) is 3.32. The van der Waals surface area contributed by atoms with E-state index in [1.54, 1.807) is 24.3 Å². The number of ketones is 1. The number of hydrogen-bond acceptors (Lipinski definition) is 1. The number of quaternary nitrogens is 1. The van der Waals surface area contributed by atoms with Crippen LogP contribution in [0.3, 0.4) is 0 Å². The third kappa shape index (κ3) is 2.03. The minimum atomic E-state index is 0.0208. The first-order chi connectivity index (χ1) is 5.24. The fourth-order valence-electron chi connectivity index (χ4n) is 0.806. The molecule has 3 heteroatoms. The van der Waals surface area contributed by atoms with Crippen LogP contribution in [0, 0.1) is 0 Å². The minimum absolute atomic E-state index is 0.0208. The quantitative estimate of drug-likeness (QED) is 0.655. The van der Waals surface area contributed by atoms with E-state index in [0.29, 0.717) is 10.6 Å². The molecule has 0 unspecified atom stereocenters. The molecule has 2 nitrogen and oxygen atoms in total. The smallest absolute Gasteiger partial charge is 0.216 e. The molecule has 0 aliphatic carbocycles. The standard InChI is InChI=1S/C8H8ClNO/c9-7-3-1-2-6(4-7)8(11)5-10/h1-4H,5,10H2/p+1. The SMILES string of the molecule is [NH3+]CC(=O)c1cccc(Cl)c1. The van der Waals surface area contributed by atoms with Crippen LogP contribution in [0.25, 0.3) is 0 Å². The first kappa shape index (κ1) is 8.24. The highest BCUT2D eigenvalue weighted by Crippen LogP contribution is 2.10. The molecule has 1 aromatic carbocycles. The van der Waals surface area contributed by atoms with Gasteiger partial charge >= 0.3 is 0 Å². The van der Waals surface area contributed by atoms with Crippen molar-refractivity contribution in [1.29, 1.82) is 0 Å². The molecule has 0 fully saturated rings. The van der Waals surface area contributed by atoms with Crippen molar-refractivity contribution in [1.82, 2.24) is 0 Å². The van der Waals surface area contributed by atoms with Crippen molar-refractivity contribution in [3.63, 3.8) is 0 Å². The van der Waals surface area contributed by atoms with Crippen molar-refractivity contribution < 1.29 is 10.5 Å². The summed E-state index contributed by atoms with van der Waals surface area (Å²) in [6.07, 6.45) is 0. The van der Waals surface area contributed by atoms with Crippen LogP contribution >= 0.6 is 11.6 Å². The fourth-order valence-corrected chi connectivity index (χ4v) is 0.997. The maximum atomic E-state index is 11.0. The predicted octanol–water partition coefficient (Wildman–Crippen LogP) is 0.765. The molecule has 0 saturated heterocycles. The zero-order valence-electron chi connectivity index (χ0n) is 6.01. The Morgan fingerprint density at radius 1 is 1.55 bits per heavy atom. The number of rotatable bonds is 2. The van der Waals surface area contributed by atoms with E-state index in [0.717, 1.165) is 0 Å². The summed E-state index contributed by atoms with van der Waals surface area (Å²) in [5.41, 5.74) is 4.13. The summed E-state index contributed by atoms with van der Waals surface area (Å²) in [7, 11) is 0. The summed E-state index contributed by atoms with van der Waals surface area (Å²) in [6, 6.07) is 6.88. The molecule has 11 heavy (non-hydrogen) atoms. The van der Waals surface area contributed by atoms with E-state index in [-0.39, 0.29) is 12.3 Å². The summed E-state index contributed by atoms with van der Waals surface area (Å²) >= 11 is 5.67. The molecule has 0 atom stereocenters. The molecule has 1 aromatic rings. The van der Waals surface area contributed by atoms with Crippen LogP contribution in [0.15, 0.2) is 24.3 Å². The van der Waals surface area contributed by atoms with Crippen molar-refractivity contribution in [3.05, 3.63) is 34.9 Å². The van der Waals surface area contributed by atoms with E-state index in [1.165, 1.54) is 0 Å². The Labute approximate surface area is 70.0 Å². The summed E-state index contributed by atoms with van der Waals surface area (Å²) in [5, 5.41) is 0.587. The molecule has 1 rings (SSSR count). The Morgan fingerprint density at radius 2 is 2.27 bits per heavy atom. The molecule has 0 saturated carbocycles. The van der Waals surface area contributed by atoms with E-state index in [2.05, 4.69) is 5.73 Å². The monoisotopic (exact) mass is 170 g/mol. The normalized spacial score (nSPS) is 9.64. The minimum Gasteiger partial charge on any atom is -0.351 e. The van der Waals surface area contributed by atoms with E-state index in [4.69, 9.17) is 11.6 Å². The summed E-state index contributed by atoms with van der Waals surface area (Å²) in [4.78, 5) is 11.0. The molecule has 0 radical (unpaired) electrons. The largest absolute Gasteiger partial charge is 0.351 e. The molecule has 3 N–H and O–H groups in total. The van der Waals surface area contributed by atoms with Gasteiger partial charge in [-0.15, -0.1) is 0 Å². The van der Waals surface area contributed by atoms with Gasteiger partial charge in [-0.05, 0) is 12.1 Å². The third-order valence-corrected chi connectivity index (χ3v) is 1.61. The van der Waals surface area contributed by atoms with Gasteiger partial charge in [0, 0.05) is 10.6 Å². The molecular weight excluding hydrogens is 162 g/mol. The van der Waals surface area contributed by atoms with Crippen molar-refractivity contribution >= 4 is 17.4 Å². The van der Waals surface area contributed by atoms with Gasteiger partial charge in [-0.2, -0.15) is 0 Å². The fraction of sp³-hybridized carbons (Fsp3) is 0.125. The molecule has 58 valence electrons. The molecule has 0 aliphatic heterocycles. The number of Topliss-reactive ketones (excluding diaryl/α,β-unsaturated/α-hetero) is 1. The van der Waals surface area contributed by atoms with Crippen molar-refractivity contribution in [2.45, 2.75) is 0 Å². The molecule has 0 amide bonds. The van der Waals surface area contributed by atoms with Crippen LogP contribution in [-0.4, -0.2) is 12.3 Å². The summed E-state index contributed by atoms with van der Waals surface area (Å²) < 4.78 is 0. The van der Waals surface area contributed by atoms with Crippen molar-refractivity contribution in [3.8, 4) is 0 Å². The molecule has 0 heterocycles. The van der Waals surface area contributed by atoms with Crippen molar-refractivity contribution in [2.24, 2.45) is 0 Å². The van der Waals surface area contributed by atoms with Crippen LogP contribution in [0.4, 0.5) is 0 Å². The second-order valence-electron chi connectivity index (χ2n) is 2.18. The van der Waals surface area contributed by atoms with Crippen LogP contribution in [0.5, 0.6) is 0 Å². The maximum Gasteiger partial charge on any atom is 0.216 e. The molecule has 0 aliphatic rings. The maximum absolute atomic E-state index is 11.0. The number of benzene rings is 1. The second-order valence-corrected chi connectivity index (χ2v) is 2.62. The van der Waals surface area contributed by atoms with Gasteiger partial charge in [0.2, 0.25) is 5.78 Å². The van der Waals surface area contributed by atoms with E-state index < -0.39 is 0 Å². The lowest BCUT2D eigenvalue weighted by Crippen LogP contribution is -2.54. The lowest BCUT2D eigenvalue weighted by atomic mass is 10.1. The summed E-state index contributed by atoms with van der Waals surface area (Å²) in [6.45, 7) is 0.278. The topological polar surface area (TPSA) is 44.7 Å². The van der Waals surface area contributed by atoms with Crippen LogP contribution in [0.2, 0.25) is 5.02 Å². The van der Waals surface area contributed by atoms with Gasteiger partial charge in [0.15, 0.2) is 0 Å². The molecule has 0 aromatic heterocycles.